The van der Waals surface area contributed by atoms with Gasteiger partial charge in [-0.05, 0) is 44.1 Å². The molecular formula is C14H20N2O. The van der Waals surface area contributed by atoms with Gasteiger partial charge in [0, 0.05) is 6.04 Å². The Labute approximate surface area is 103 Å². The number of nitriles is 1. The minimum Gasteiger partial charge on any atom is -0.349 e. The molecular weight excluding hydrogens is 212 g/mol. The number of allylic oxidation sites excluding steroid dienone is 1. The number of carbonyl (C=O) groups excluding carboxylic acids is 1. The van der Waals surface area contributed by atoms with Gasteiger partial charge in [0.15, 0.2) is 0 Å². The van der Waals surface area contributed by atoms with Crippen molar-refractivity contribution in [3.05, 3.63) is 11.1 Å². The first-order valence-corrected chi connectivity index (χ1v) is 6.74. The highest BCUT2D eigenvalue weighted by Gasteiger charge is 2.21. The maximum Gasteiger partial charge on any atom is 0.262 e. The first kappa shape index (κ1) is 12.2. The summed E-state index contributed by atoms with van der Waals surface area (Å²) >= 11 is 0. The molecule has 0 radical (unpaired) electrons. The lowest BCUT2D eigenvalue weighted by molar-refractivity contribution is -0.118. The SMILES string of the molecule is N#CC(C(=O)NC1CCCCC1)=C1CCCC1. The summed E-state index contributed by atoms with van der Waals surface area (Å²) in [6.45, 7) is 0. The lowest BCUT2D eigenvalue weighted by Gasteiger charge is -2.22. The van der Waals surface area contributed by atoms with Crippen LogP contribution in [0.2, 0.25) is 0 Å². The van der Waals surface area contributed by atoms with Crippen molar-refractivity contribution in [2.24, 2.45) is 0 Å². The summed E-state index contributed by atoms with van der Waals surface area (Å²) in [6.07, 6.45) is 9.92. The van der Waals surface area contributed by atoms with Crippen LogP contribution in [0.5, 0.6) is 0 Å². The Morgan fingerprint density at radius 1 is 1.12 bits per heavy atom. The third-order valence-corrected chi connectivity index (χ3v) is 3.84. The molecule has 2 rings (SSSR count). The Balaban J connectivity index is 1.98. The Kier molecular flexibility index (Phi) is 4.19. The third kappa shape index (κ3) is 3.09. The molecule has 0 aromatic rings. The third-order valence-electron chi connectivity index (χ3n) is 3.84. The number of nitrogens with zero attached hydrogens (tertiary/aromatic N) is 1. The quantitative estimate of drug-likeness (QED) is 0.588. The van der Waals surface area contributed by atoms with E-state index in [-0.39, 0.29) is 5.91 Å². The van der Waals surface area contributed by atoms with Crippen LogP contribution >= 0.6 is 0 Å². The second kappa shape index (κ2) is 5.86. The molecule has 1 N–H and O–H groups in total. The molecule has 0 bridgehead atoms. The van der Waals surface area contributed by atoms with Gasteiger partial charge in [-0.25, -0.2) is 0 Å². The fraction of sp³-hybridized carbons (Fsp3) is 0.714. The van der Waals surface area contributed by atoms with Crippen molar-refractivity contribution < 1.29 is 4.79 Å². The molecule has 0 saturated heterocycles. The predicted octanol–water partition coefficient (Wildman–Crippen LogP) is 2.83. The molecule has 0 unspecified atom stereocenters. The first-order valence-electron chi connectivity index (χ1n) is 6.74. The molecule has 0 heterocycles. The van der Waals surface area contributed by atoms with Crippen molar-refractivity contribution in [3.63, 3.8) is 0 Å². The van der Waals surface area contributed by atoms with Gasteiger partial charge in [0.25, 0.3) is 5.91 Å². The van der Waals surface area contributed by atoms with Crippen LogP contribution in [0.25, 0.3) is 0 Å². The van der Waals surface area contributed by atoms with Gasteiger partial charge in [-0.1, -0.05) is 19.3 Å². The Morgan fingerprint density at radius 2 is 1.76 bits per heavy atom. The molecule has 92 valence electrons. The minimum absolute atomic E-state index is 0.128. The number of hydrogen-bond acceptors (Lipinski definition) is 2. The van der Waals surface area contributed by atoms with E-state index in [1.54, 1.807) is 0 Å². The summed E-state index contributed by atoms with van der Waals surface area (Å²) in [5.41, 5.74) is 1.47. The zero-order valence-electron chi connectivity index (χ0n) is 10.3. The topological polar surface area (TPSA) is 52.9 Å². The second-order valence-corrected chi connectivity index (χ2v) is 5.11. The molecule has 17 heavy (non-hydrogen) atoms. The van der Waals surface area contributed by atoms with E-state index in [1.165, 1.54) is 19.3 Å². The molecule has 1 amide bonds. The van der Waals surface area contributed by atoms with Crippen LogP contribution in [-0.2, 0) is 4.79 Å². The molecule has 2 saturated carbocycles. The summed E-state index contributed by atoms with van der Waals surface area (Å²) in [7, 11) is 0. The first-order chi connectivity index (χ1) is 8.31. The Morgan fingerprint density at radius 3 is 2.35 bits per heavy atom. The Bertz CT molecular complexity index is 351. The van der Waals surface area contributed by atoms with Crippen molar-refractivity contribution in [2.45, 2.75) is 63.8 Å². The summed E-state index contributed by atoms with van der Waals surface area (Å²) in [5, 5.41) is 12.1. The van der Waals surface area contributed by atoms with Gasteiger partial charge in [0.1, 0.15) is 11.6 Å². The van der Waals surface area contributed by atoms with E-state index in [0.717, 1.165) is 44.1 Å². The van der Waals surface area contributed by atoms with E-state index >= 15 is 0 Å². The number of hydrogen-bond donors (Lipinski definition) is 1. The van der Waals surface area contributed by atoms with Gasteiger partial charge >= 0.3 is 0 Å². The summed E-state index contributed by atoms with van der Waals surface area (Å²) in [4.78, 5) is 12.0. The van der Waals surface area contributed by atoms with E-state index in [1.807, 2.05) is 0 Å². The number of nitrogens with one attached hydrogen (secondary N) is 1. The molecule has 2 fully saturated rings. The summed E-state index contributed by atoms with van der Waals surface area (Å²) in [6, 6.07) is 2.39. The van der Waals surface area contributed by atoms with Gasteiger partial charge in [-0.2, -0.15) is 5.26 Å². The van der Waals surface area contributed by atoms with Crippen molar-refractivity contribution >= 4 is 5.91 Å². The predicted molar refractivity (Wildman–Crippen MR) is 66.1 cm³/mol. The van der Waals surface area contributed by atoms with Crippen LogP contribution in [-0.4, -0.2) is 11.9 Å². The van der Waals surface area contributed by atoms with Crippen LogP contribution in [0, 0.1) is 11.3 Å². The summed E-state index contributed by atoms with van der Waals surface area (Å²) < 4.78 is 0. The molecule has 3 nitrogen and oxygen atoms in total. The molecule has 2 aliphatic carbocycles. The van der Waals surface area contributed by atoms with Gasteiger partial charge in [0.2, 0.25) is 0 Å². The zero-order valence-corrected chi connectivity index (χ0v) is 10.3. The summed E-state index contributed by atoms with van der Waals surface area (Å²) in [5.74, 6) is -0.128. The monoisotopic (exact) mass is 232 g/mol. The van der Waals surface area contributed by atoms with Crippen molar-refractivity contribution in [3.8, 4) is 6.07 Å². The zero-order chi connectivity index (χ0) is 12.1. The smallest absolute Gasteiger partial charge is 0.262 e. The van der Waals surface area contributed by atoms with E-state index < -0.39 is 0 Å². The van der Waals surface area contributed by atoms with E-state index in [4.69, 9.17) is 5.26 Å². The van der Waals surface area contributed by atoms with Crippen molar-refractivity contribution in [1.29, 1.82) is 5.26 Å². The highest BCUT2D eigenvalue weighted by Crippen LogP contribution is 2.27. The lowest BCUT2D eigenvalue weighted by Crippen LogP contribution is -2.37. The molecule has 0 atom stereocenters. The van der Waals surface area contributed by atoms with Crippen LogP contribution in [0.15, 0.2) is 11.1 Å². The molecule has 3 heteroatoms. The average molecular weight is 232 g/mol. The standard InChI is InChI=1S/C14H20N2O/c15-10-13(11-6-4-5-7-11)14(17)16-12-8-2-1-3-9-12/h12H,1-9H2,(H,16,17). The highest BCUT2D eigenvalue weighted by molar-refractivity contribution is 5.98. The lowest BCUT2D eigenvalue weighted by atomic mass is 9.95. The molecule has 0 aromatic heterocycles. The van der Waals surface area contributed by atoms with Gasteiger partial charge in [0.05, 0.1) is 0 Å². The minimum atomic E-state index is -0.128. The number of amides is 1. The van der Waals surface area contributed by atoms with Gasteiger partial charge in [-0.15, -0.1) is 0 Å². The normalized spacial score (nSPS) is 21.0. The molecule has 0 aromatic carbocycles. The van der Waals surface area contributed by atoms with Crippen molar-refractivity contribution in [1.82, 2.24) is 5.32 Å². The average Bonchev–Trinajstić information content (AvgIpc) is 2.85. The van der Waals surface area contributed by atoms with E-state index in [0.29, 0.717) is 11.6 Å². The van der Waals surface area contributed by atoms with Crippen molar-refractivity contribution in [2.75, 3.05) is 0 Å². The Hall–Kier alpha value is -1.30. The van der Waals surface area contributed by atoms with Crippen LogP contribution in [0.1, 0.15) is 57.8 Å². The second-order valence-electron chi connectivity index (χ2n) is 5.11. The highest BCUT2D eigenvalue weighted by atomic mass is 16.1. The number of rotatable bonds is 2. The van der Waals surface area contributed by atoms with E-state index in [9.17, 15) is 4.79 Å². The fourth-order valence-corrected chi connectivity index (χ4v) is 2.85. The van der Waals surface area contributed by atoms with Crippen LogP contribution in [0.4, 0.5) is 0 Å². The number of carbonyl (C=O) groups is 1. The van der Waals surface area contributed by atoms with E-state index in [2.05, 4.69) is 11.4 Å². The fourth-order valence-electron chi connectivity index (χ4n) is 2.85. The molecule has 0 aliphatic heterocycles. The molecule has 2 aliphatic rings. The van der Waals surface area contributed by atoms with Gasteiger partial charge < -0.3 is 5.32 Å². The van der Waals surface area contributed by atoms with Crippen LogP contribution in [0.3, 0.4) is 0 Å². The largest absolute Gasteiger partial charge is 0.349 e. The van der Waals surface area contributed by atoms with Gasteiger partial charge in [-0.3, -0.25) is 4.79 Å². The maximum atomic E-state index is 12.0. The maximum absolute atomic E-state index is 12.0. The van der Waals surface area contributed by atoms with Crippen LogP contribution < -0.4 is 5.32 Å². The molecule has 0 spiro atoms.